The average molecular weight is 2070 g/mol. The fourth-order valence-electron chi connectivity index (χ4n) is 9.97. The van der Waals surface area contributed by atoms with Crippen molar-refractivity contribution in [2.24, 2.45) is 0 Å². The van der Waals surface area contributed by atoms with Crippen molar-refractivity contribution in [3.05, 3.63) is 429 Å². The van der Waals surface area contributed by atoms with Crippen molar-refractivity contribution in [2.75, 3.05) is 0 Å². The van der Waals surface area contributed by atoms with Crippen molar-refractivity contribution in [1.29, 1.82) is 0 Å². The van der Waals surface area contributed by atoms with Crippen LogP contribution in [0.3, 0.4) is 0 Å². The summed E-state index contributed by atoms with van der Waals surface area (Å²) in [5.41, 5.74) is 7.26. The van der Waals surface area contributed by atoms with Gasteiger partial charge in [-0.15, -0.1) is 17.5 Å². The maximum Gasteiger partial charge on any atom is 0 e. The second-order valence-corrected chi connectivity index (χ2v) is 47.1. The monoisotopic (exact) mass is 2070 g/mol. The van der Waals surface area contributed by atoms with Crippen LogP contribution in [0.25, 0.3) is 0 Å². The Kier molecular flexibility index (Phi) is 43.0. The molecular formula is C94H87CuI4P4PdSi2. The van der Waals surface area contributed by atoms with Crippen LogP contribution in [-0.2, 0) is 33.2 Å². The van der Waals surface area contributed by atoms with Crippen LogP contribution in [0.5, 0.6) is 0 Å². The summed E-state index contributed by atoms with van der Waals surface area (Å²) in [5, 5.41) is 16.8. The van der Waals surface area contributed by atoms with E-state index in [2.05, 4.69) is 525 Å². The Bertz CT molecular complexity index is 3870. The van der Waals surface area contributed by atoms with E-state index in [1.54, 1.807) is 20.3 Å². The van der Waals surface area contributed by atoms with E-state index in [9.17, 15) is 0 Å². The summed E-state index contributed by atoms with van der Waals surface area (Å²) in [4.78, 5) is 0. The molecule has 0 amide bonds. The molecule has 0 N–H and O–H groups in total. The van der Waals surface area contributed by atoms with Crippen LogP contribution in [0.1, 0.15) is 5.56 Å². The van der Waals surface area contributed by atoms with E-state index in [0.717, 1.165) is 5.56 Å². The Morgan fingerprint density at radius 3 is 0.481 bits per heavy atom. The molecule has 0 heterocycles. The summed E-state index contributed by atoms with van der Waals surface area (Å²) >= 11 is 12.8. The van der Waals surface area contributed by atoms with Crippen LogP contribution in [0.15, 0.2) is 413 Å². The number of hydrogen-bond donors (Lipinski definition) is 0. The molecule has 0 aromatic heterocycles. The fraction of sp³-hybridized carbons (Fsp3) is 0.0638. The van der Waals surface area contributed by atoms with Gasteiger partial charge in [-0.3, -0.25) is 0 Å². The first-order chi connectivity index (χ1) is 51.2. The van der Waals surface area contributed by atoms with Crippen molar-refractivity contribution in [3.63, 3.8) is 0 Å². The molecule has 0 bridgehead atoms. The summed E-state index contributed by atoms with van der Waals surface area (Å²) in [7, 11) is -4.11. The van der Waals surface area contributed by atoms with E-state index in [-0.39, 0.29) is 20.4 Å². The van der Waals surface area contributed by atoms with E-state index in [0.29, 0.717) is 0 Å². The zero-order chi connectivity index (χ0) is 74.8. The summed E-state index contributed by atoms with van der Waals surface area (Å²) in [6.07, 6.45) is 5.12. The third kappa shape index (κ3) is 32.6. The van der Waals surface area contributed by atoms with Gasteiger partial charge in [-0.25, -0.2) is 0 Å². The van der Waals surface area contributed by atoms with Gasteiger partial charge in [0.2, 0.25) is 0 Å². The summed E-state index contributed by atoms with van der Waals surface area (Å²) in [6, 6.07) is 146. The van der Waals surface area contributed by atoms with E-state index in [1.807, 2.05) is 24.3 Å². The maximum absolute atomic E-state index is 5.12. The molecular weight excluding hydrogens is 1990 g/mol. The van der Waals surface area contributed by atoms with Gasteiger partial charge in [0.15, 0.2) is 0 Å². The zero-order valence-corrected chi connectivity index (χ0v) is 77.0. The molecule has 0 fully saturated rings. The molecule has 0 spiro atoms. The number of terminal acetylenes is 1. The number of benzene rings is 14. The molecule has 14 aromatic carbocycles. The number of rotatable bonds is 12. The van der Waals surface area contributed by atoms with Gasteiger partial charge in [0.1, 0.15) is 16.1 Å². The smallest absolute Gasteiger partial charge is 0 e. The fourth-order valence-corrected chi connectivity index (χ4v) is 21.0. The van der Waals surface area contributed by atoms with Crippen LogP contribution in [0.4, 0.5) is 0 Å². The zero-order valence-electron chi connectivity index (χ0n) is 60.3. The average Bonchev–Trinajstić information content (AvgIpc) is 0.839. The van der Waals surface area contributed by atoms with E-state index < -0.39 is 47.8 Å². The maximum atomic E-state index is 5.12. The van der Waals surface area contributed by atoms with E-state index in [4.69, 9.17) is 6.42 Å². The van der Waals surface area contributed by atoms with E-state index >= 15 is 0 Å². The van der Waals surface area contributed by atoms with Crippen LogP contribution >= 0.6 is 120 Å². The summed E-state index contributed by atoms with van der Waals surface area (Å²) in [6.45, 7) is 13.2. The molecule has 14 rings (SSSR count). The molecule has 0 radical (unpaired) electrons. The van der Waals surface area contributed by atoms with Gasteiger partial charge in [0.25, 0.3) is 0 Å². The first-order valence-electron chi connectivity index (χ1n) is 34.2. The largest absolute Gasteiger partial charge is 0.0622 e. The van der Waals surface area contributed by atoms with Crippen molar-refractivity contribution >= 4 is 200 Å². The number of hydrogen-bond acceptors (Lipinski definition) is 0. The Morgan fingerprint density at radius 2 is 0.358 bits per heavy atom. The first kappa shape index (κ1) is 89.3. The van der Waals surface area contributed by atoms with Crippen molar-refractivity contribution < 1.29 is 33.2 Å². The second-order valence-electron chi connectivity index (χ2n) is 25.2. The van der Waals surface area contributed by atoms with Crippen LogP contribution < -0.4 is 63.7 Å². The van der Waals surface area contributed by atoms with Gasteiger partial charge in [-0.05, 0) is 187 Å². The van der Waals surface area contributed by atoms with Crippen molar-refractivity contribution in [2.45, 2.75) is 39.3 Å². The van der Waals surface area contributed by atoms with Gasteiger partial charge in [0, 0.05) is 36.7 Å². The Labute approximate surface area is 715 Å². The Morgan fingerprint density at radius 1 is 0.226 bits per heavy atom. The van der Waals surface area contributed by atoms with Gasteiger partial charge in [-0.2, -0.15) is 0 Å². The van der Waals surface area contributed by atoms with Gasteiger partial charge < -0.3 is 0 Å². The molecule has 0 aliphatic heterocycles. The predicted octanol–water partition coefficient (Wildman–Crippen LogP) is 22.6. The third-order valence-corrected chi connectivity index (χ3v) is 30.2. The molecule has 0 atom stereocenters. The quantitative estimate of drug-likeness (QED) is 0.0495. The minimum atomic E-state index is -1.23. The van der Waals surface area contributed by atoms with Crippen molar-refractivity contribution in [1.82, 2.24) is 0 Å². The van der Waals surface area contributed by atoms with Crippen LogP contribution in [-0.4, -0.2) is 16.1 Å². The third-order valence-electron chi connectivity index (χ3n) is 14.9. The second kappa shape index (κ2) is 51.0. The Hall–Kier alpha value is -5.54. The molecule has 540 valence electrons. The molecule has 0 aliphatic rings. The molecule has 0 nitrogen and oxygen atoms in total. The molecule has 0 unspecified atom stereocenters. The predicted molar refractivity (Wildman–Crippen MR) is 508 cm³/mol. The molecule has 106 heavy (non-hydrogen) atoms. The minimum absolute atomic E-state index is 0. The molecule has 0 saturated carbocycles. The minimum Gasteiger partial charge on any atom is -0.0622 e. The SMILES string of the molecule is C#C[Si](C)(C)C.C[Si](C)(C)C#Cc1ccccc1I.Ic1ccccc1I.[Cu][I].[Pd].c1ccc(P(c2ccccc2)c2ccccc2)cc1.c1ccc(P(c2ccccc2)c2ccccc2)cc1.c1ccc(P(c2ccccc2)c2ccccc2)cc1.c1ccc(P(c2ccccc2)c2ccccc2)cc1. The molecule has 0 saturated heterocycles. The normalized spacial score (nSPS) is 10.2. The first-order valence-corrected chi connectivity index (χ1v) is 52.9. The number of halogens is 4. The molecule has 0 aliphatic carbocycles. The summed E-state index contributed by atoms with van der Waals surface area (Å²) in [5.74, 6) is 3.26. The Balaban J connectivity index is 0.000000198. The standard InChI is InChI=1S/4C18H15P.C11H13ISi.C6H4I2.C5H10Si.Cu.HI.Pd/c4*1-4-10-16(11-5-1)19(17-12-6-2-7-13-17)18-14-8-3-9-15-18;1-13(2,3)9-8-10-6-4-5-7-11(10)12;7-5-3-1-2-4-6(5)8;1-5-6(2,3)4;;;/h4*1-15H;4-7H,1-3H3;1-4H;1H,2-4H3;;1H;/q;;;;;;;+1;;/p-1. The molecule has 12 heteroatoms. The topological polar surface area (TPSA) is 0 Å². The molecule has 14 aromatic rings. The van der Waals surface area contributed by atoms with Gasteiger partial charge in [-0.1, -0.05) is 433 Å². The van der Waals surface area contributed by atoms with Crippen LogP contribution in [0.2, 0.25) is 39.3 Å². The van der Waals surface area contributed by atoms with Crippen LogP contribution in [0, 0.1) is 34.1 Å². The summed E-state index contributed by atoms with van der Waals surface area (Å²) < 4.78 is 3.89. The van der Waals surface area contributed by atoms with Crippen molar-refractivity contribution in [3.8, 4) is 23.4 Å². The van der Waals surface area contributed by atoms with Gasteiger partial charge in [0.05, 0.1) is 0 Å². The van der Waals surface area contributed by atoms with Gasteiger partial charge >= 0.3 is 33.1 Å². The van der Waals surface area contributed by atoms with E-state index in [1.165, 1.54) is 74.4 Å².